The largest absolute Gasteiger partial charge is 0.382 e. The number of carbonyl (C=O) groups is 2. The van der Waals surface area contributed by atoms with Crippen molar-refractivity contribution < 1.29 is 19.8 Å². The Kier molecular flexibility index (Phi) is 8.88. The van der Waals surface area contributed by atoms with Gasteiger partial charge in [0.05, 0.1) is 17.7 Å². The number of carbonyl (C=O) groups excluding carboxylic acids is 2. The fraction of sp³-hybridized carbons (Fsp3) is 0.367. The summed E-state index contributed by atoms with van der Waals surface area (Å²) in [6, 6.07) is 19.6. The monoisotopic (exact) mass is 516 g/mol. The van der Waals surface area contributed by atoms with Gasteiger partial charge in [-0.2, -0.15) is 5.26 Å². The van der Waals surface area contributed by atoms with Crippen LogP contribution >= 0.6 is 11.3 Å². The van der Waals surface area contributed by atoms with Crippen LogP contribution in [0.5, 0.6) is 0 Å². The Hall–Kier alpha value is -3.31. The highest BCUT2D eigenvalue weighted by Gasteiger charge is 2.38. The molecule has 3 aromatic rings. The first-order valence-corrected chi connectivity index (χ1v) is 13.6. The number of likely N-dealkylation sites (tertiary alicyclic amines) is 1. The molecule has 1 saturated heterocycles. The molecular weight excluding hydrogens is 484 g/mol. The highest BCUT2D eigenvalue weighted by Crippen LogP contribution is 2.33. The third kappa shape index (κ3) is 6.53. The van der Waals surface area contributed by atoms with Crippen molar-refractivity contribution >= 4 is 23.0 Å². The van der Waals surface area contributed by atoms with Gasteiger partial charge in [0.25, 0.3) is 5.91 Å². The first-order chi connectivity index (χ1) is 17.9. The highest BCUT2D eigenvalue weighted by atomic mass is 32.1. The van der Waals surface area contributed by atoms with Crippen LogP contribution in [0.15, 0.2) is 60.0 Å². The lowest BCUT2D eigenvalue weighted by molar-refractivity contribution is -0.153. The second kappa shape index (κ2) is 12.3. The molecule has 3 atom stereocenters. The summed E-state index contributed by atoms with van der Waals surface area (Å²) in [5, 5.41) is 32.4. The molecule has 0 spiro atoms. The quantitative estimate of drug-likeness (QED) is 0.413. The molecule has 0 aliphatic carbocycles. The van der Waals surface area contributed by atoms with E-state index in [-0.39, 0.29) is 12.5 Å². The number of amides is 1. The number of hydrogen-bond acceptors (Lipinski definition) is 6. The van der Waals surface area contributed by atoms with E-state index >= 15 is 0 Å². The van der Waals surface area contributed by atoms with Gasteiger partial charge in [-0.25, -0.2) is 0 Å². The Labute approximate surface area is 221 Å². The fourth-order valence-electron chi connectivity index (χ4n) is 4.97. The number of hydrogen-bond donors (Lipinski definition) is 2. The third-order valence-electron chi connectivity index (χ3n) is 6.93. The summed E-state index contributed by atoms with van der Waals surface area (Å²) in [7, 11) is 0. The van der Waals surface area contributed by atoms with E-state index < -0.39 is 23.9 Å². The number of thiophene rings is 1. The van der Waals surface area contributed by atoms with E-state index in [0.717, 1.165) is 40.0 Å². The van der Waals surface area contributed by atoms with Crippen molar-refractivity contribution in [2.75, 3.05) is 6.54 Å². The van der Waals surface area contributed by atoms with Crippen LogP contribution in [0.3, 0.4) is 0 Å². The number of nitriles is 1. The molecule has 37 heavy (non-hydrogen) atoms. The molecule has 1 fully saturated rings. The van der Waals surface area contributed by atoms with Gasteiger partial charge in [-0.05, 0) is 73.2 Å². The predicted molar refractivity (Wildman–Crippen MR) is 143 cm³/mol. The van der Waals surface area contributed by atoms with Gasteiger partial charge in [-0.15, -0.1) is 11.3 Å². The minimum absolute atomic E-state index is 0.0807. The minimum atomic E-state index is -1.76. The summed E-state index contributed by atoms with van der Waals surface area (Å²) < 4.78 is 0. The molecule has 1 aliphatic heterocycles. The summed E-state index contributed by atoms with van der Waals surface area (Å²) >= 11 is 1.60. The molecule has 4 rings (SSSR count). The Morgan fingerprint density at radius 3 is 2.73 bits per heavy atom. The number of benzene rings is 2. The number of aliphatic hydroxyl groups excluding tert-OH is 2. The number of ketones is 1. The summed E-state index contributed by atoms with van der Waals surface area (Å²) in [5.41, 5.74) is 4.86. The summed E-state index contributed by atoms with van der Waals surface area (Å²) in [5.74, 6) is -1.11. The molecule has 2 aromatic carbocycles. The van der Waals surface area contributed by atoms with Crippen LogP contribution in [-0.4, -0.2) is 45.6 Å². The van der Waals surface area contributed by atoms with E-state index in [1.807, 2.05) is 55.5 Å². The molecular formula is C30H32N2O4S. The van der Waals surface area contributed by atoms with Gasteiger partial charge in [0.15, 0.2) is 11.9 Å². The van der Waals surface area contributed by atoms with Crippen molar-refractivity contribution in [3.8, 4) is 6.07 Å². The lowest BCUT2D eigenvalue weighted by atomic mass is 10.00. The normalized spacial score (nSPS) is 16.8. The second-order valence-corrected chi connectivity index (χ2v) is 10.7. The molecule has 1 amide bonds. The van der Waals surface area contributed by atoms with Gasteiger partial charge in [0, 0.05) is 17.8 Å². The van der Waals surface area contributed by atoms with Crippen molar-refractivity contribution in [1.29, 1.82) is 5.26 Å². The van der Waals surface area contributed by atoms with Crippen molar-refractivity contribution in [3.05, 3.63) is 92.7 Å². The summed E-state index contributed by atoms with van der Waals surface area (Å²) in [4.78, 5) is 28.3. The standard InChI is InChI=1S/C30H32N2O4S/c1-20-7-4-10-23(15-20)26-12-6-14-32(26)30(36)29(35)28(34)27(33)13-5-11-25-17-21(19-37-25)16-22-8-2-3-9-24(22)18-31/h2-4,7-10,15,17,19,26,28-29,34-35H,5-6,11-14,16H2,1H3/t26-,28+,29-/m1/s1. The highest BCUT2D eigenvalue weighted by molar-refractivity contribution is 7.10. The fourth-order valence-corrected chi connectivity index (χ4v) is 5.91. The van der Waals surface area contributed by atoms with Gasteiger partial charge in [0.2, 0.25) is 0 Å². The third-order valence-corrected chi connectivity index (χ3v) is 7.98. The SMILES string of the molecule is Cc1cccc([C@H]2CCCN2C(=O)[C@H](O)[C@@H](O)C(=O)CCCc2cc(Cc3ccccc3C#N)cs2)c1. The van der Waals surface area contributed by atoms with Crippen molar-refractivity contribution in [2.24, 2.45) is 0 Å². The molecule has 0 unspecified atom stereocenters. The van der Waals surface area contributed by atoms with E-state index in [4.69, 9.17) is 0 Å². The molecule has 2 N–H and O–H groups in total. The Morgan fingerprint density at radius 1 is 1.14 bits per heavy atom. The molecule has 7 heteroatoms. The van der Waals surface area contributed by atoms with Crippen LogP contribution in [-0.2, 0) is 22.4 Å². The van der Waals surface area contributed by atoms with E-state index in [1.165, 1.54) is 0 Å². The van der Waals surface area contributed by atoms with Crippen molar-refractivity contribution in [2.45, 2.75) is 63.7 Å². The molecule has 6 nitrogen and oxygen atoms in total. The van der Waals surface area contributed by atoms with E-state index in [0.29, 0.717) is 31.4 Å². The number of aryl methyl sites for hydroxylation is 2. The maximum absolute atomic E-state index is 13.0. The van der Waals surface area contributed by atoms with Crippen LogP contribution < -0.4 is 0 Å². The van der Waals surface area contributed by atoms with Crippen LogP contribution in [0.1, 0.15) is 64.4 Å². The smallest absolute Gasteiger partial charge is 0.255 e. The number of rotatable bonds is 10. The van der Waals surface area contributed by atoms with Crippen LogP contribution in [0.4, 0.5) is 0 Å². The molecule has 0 saturated carbocycles. The van der Waals surface area contributed by atoms with Gasteiger partial charge in [-0.1, -0.05) is 48.0 Å². The maximum atomic E-state index is 13.0. The zero-order chi connectivity index (χ0) is 26.4. The zero-order valence-corrected chi connectivity index (χ0v) is 21.8. The number of Topliss-reactive ketones (excluding diaryl/α,β-unsaturated/α-hetero) is 1. The van der Waals surface area contributed by atoms with E-state index in [1.54, 1.807) is 16.2 Å². The lowest BCUT2D eigenvalue weighted by Gasteiger charge is -2.28. The van der Waals surface area contributed by atoms with Crippen LogP contribution in [0.2, 0.25) is 0 Å². The average Bonchev–Trinajstić information content (AvgIpc) is 3.57. The molecule has 1 aromatic heterocycles. The molecule has 1 aliphatic rings. The van der Waals surface area contributed by atoms with Gasteiger partial charge >= 0.3 is 0 Å². The minimum Gasteiger partial charge on any atom is -0.382 e. The number of nitrogens with zero attached hydrogens (tertiary/aromatic N) is 2. The average molecular weight is 517 g/mol. The molecule has 192 valence electrons. The maximum Gasteiger partial charge on any atom is 0.255 e. The summed E-state index contributed by atoms with van der Waals surface area (Å²) in [6.07, 6.45) is 0.0430. The molecule has 0 radical (unpaired) electrons. The topological polar surface area (TPSA) is 102 Å². The summed E-state index contributed by atoms with van der Waals surface area (Å²) in [6.45, 7) is 2.49. The first-order valence-electron chi connectivity index (χ1n) is 12.7. The predicted octanol–water partition coefficient (Wildman–Crippen LogP) is 4.50. The van der Waals surface area contributed by atoms with E-state index in [2.05, 4.69) is 17.5 Å². The van der Waals surface area contributed by atoms with E-state index in [9.17, 15) is 25.1 Å². The molecule has 2 heterocycles. The zero-order valence-electron chi connectivity index (χ0n) is 21.0. The Morgan fingerprint density at radius 2 is 1.95 bits per heavy atom. The van der Waals surface area contributed by atoms with Crippen LogP contribution in [0.25, 0.3) is 0 Å². The van der Waals surface area contributed by atoms with Crippen molar-refractivity contribution in [1.82, 2.24) is 4.90 Å². The number of aliphatic hydroxyl groups is 2. The lowest BCUT2D eigenvalue weighted by Crippen LogP contribution is -2.47. The molecule has 0 bridgehead atoms. The Balaban J connectivity index is 1.28. The van der Waals surface area contributed by atoms with Crippen LogP contribution in [0, 0.1) is 18.3 Å². The first kappa shape index (κ1) is 26.7. The Bertz CT molecular complexity index is 1290. The van der Waals surface area contributed by atoms with Gasteiger partial charge in [-0.3, -0.25) is 9.59 Å². The van der Waals surface area contributed by atoms with Gasteiger partial charge in [0.1, 0.15) is 6.10 Å². The second-order valence-electron chi connectivity index (χ2n) is 9.68. The van der Waals surface area contributed by atoms with Crippen molar-refractivity contribution in [3.63, 3.8) is 0 Å². The van der Waals surface area contributed by atoms with Gasteiger partial charge < -0.3 is 15.1 Å².